The SMILES string of the molecule is CN(C)C(=O)[C@@H](C1CCC(N2CCCCC2=O)CC1)[C@H](N)C(=O)N1CCC(F)(F)C1. The molecule has 2 N–H and O–H groups in total. The van der Waals surface area contributed by atoms with Crippen LogP contribution in [0, 0.1) is 11.8 Å². The first-order valence-corrected chi connectivity index (χ1v) is 11.0. The molecule has 1 aliphatic carbocycles. The van der Waals surface area contributed by atoms with Gasteiger partial charge in [0, 0.05) is 46.1 Å². The van der Waals surface area contributed by atoms with E-state index in [1.54, 1.807) is 14.1 Å². The van der Waals surface area contributed by atoms with E-state index in [4.69, 9.17) is 5.73 Å². The number of halogens is 2. The summed E-state index contributed by atoms with van der Waals surface area (Å²) in [5.41, 5.74) is 6.25. The normalized spacial score (nSPS) is 28.9. The Kier molecular flexibility index (Phi) is 6.99. The van der Waals surface area contributed by atoms with E-state index in [9.17, 15) is 23.2 Å². The Hall–Kier alpha value is -1.77. The summed E-state index contributed by atoms with van der Waals surface area (Å²) in [7, 11) is 3.24. The minimum Gasteiger partial charge on any atom is -0.349 e. The van der Waals surface area contributed by atoms with Crippen LogP contribution in [0.3, 0.4) is 0 Å². The van der Waals surface area contributed by atoms with E-state index in [2.05, 4.69) is 0 Å². The smallest absolute Gasteiger partial charge is 0.267 e. The van der Waals surface area contributed by atoms with Gasteiger partial charge < -0.3 is 20.4 Å². The van der Waals surface area contributed by atoms with Crippen LogP contribution in [0.5, 0.6) is 0 Å². The van der Waals surface area contributed by atoms with Gasteiger partial charge in [-0.25, -0.2) is 8.78 Å². The Balaban J connectivity index is 1.68. The molecule has 9 heteroatoms. The Morgan fingerprint density at radius 3 is 2.33 bits per heavy atom. The van der Waals surface area contributed by atoms with E-state index in [0.29, 0.717) is 19.3 Å². The van der Waals surface area contributed by atoms with E-state index >= 15 is 0 Å². The third kappa shape index (κ3) is 4.92. The number of nitrogens with two attached hydrogens (primary N) is 1. The maximum absolute atomic E-state index is 13.6. The maximum Gasteiger partial charge on any atom is 0.267 e. The van der Waals surface area contributed by atoms with Gasteiger partial charge in [0.25, 0.3) is 5.92 Å². The summed E-state index contributed by atoms with van der Waals surface area (Å²) in [5, 5.41) is 0. The number of carbonyl (C=O) groups excluding carboxylic acids is 3. The van der Waals surface area contributed by atoms with Crippen LogP contribution < -0.4 is 5.73 Å². The van der Waals surface area contributed by atoms with Crippen molar-refractivity contribution >= 4 is 17.7 Å². The van der Waals surface area contributed by atoms with Crippen LogP contribution in [-0.4, -0.2) is 84.2 Å². The monoisotopic (exact) mass is 428 g/mol. The number of rotatable bonds is 5. The van der Waals surface area contributed by atoms with Crippen molar-refractivity contribution < 1.29 is 23.2 Å². The van der Waals surface area contributed by atoms with Gasteiger partial charge in [0.1, 0.15) is 0 Å². The standard InChI is InChI=1S/C21H34F2N4O3/c1-25(2)19(29)17(18(24)20(30)26-12-10-21(22,23)13-26)14-6-8-15(9-7-14)27-11-4-3-5-16(27)28/h14-15,17-18H,3-13,24H2,1-2H3/t14?,15?,17-,18-/m0/s1. The topological polar surface area (TPSA) is 87.0 Å². The molecule has 0 aromatic heterocycles. The molecule has 3 rings (SSSR count). The maximum atomic E-state index is 13.6. The van der Waals surface area contributed by atoms with Crippen molar-refractivity contribution in [1.82, 2.24) is 14.7 Å². The van der Waals surface area contributed by atoms with Crippen LogP contribution >= 0.6 is 0 Å². The zero-order chi connectivity index (χ0) is 22.1. The summed E-state index contributed by atoms with van der Waals surface area (Å²) in [5.74, 6) is -4.33. The Morgan fingerprint density at radius 2 is 1.80 bits per heavy atom. The molecule has 0 aromatic rings. The fourth-order valence-corrected chi connectivity index (χ4v) is 5.22. The second kappa shape index (κ2) is 9.16. The summed E-state index contributed by atoms with van der Waals surface area (Å²) >= 11 is 0. The molecular weight excluding hydrogens is 394 g/mol. The highest BCUT2D eigenvalue weighted by Crippen LogP contribution is 2.36. The lowest BCUT2D eigenvalue weighted by molar-refractivity contribution is -0.144. The Bertz CT molecular complexity index is 665. The summed E-state index contributed by atoms with van der Waals surface area (Å²) < 4.78 is 27.1. The van der Waals surface area contributed by atoms with Crippen LogP contribution in [0.1, 0.15) is 51.4 Å². The predicted octanol–water partition coefficient (Wildman–Crippen LogP) is 1.46. The molecular formula is C21H34F2N4O3. The number of nitrogens with zero attached hydrogens (tertiary/aromatic N) is 3. The first-order valence-electron chi connectivity index (χ1n) is 11.0. The summed E-state index contributed by atoms with van der Waals surface area (Å²) in [6.45, 7) is 0.119. The van der Waals surface area contributed by atoms with Gasteiger partial charge in [0.2, 0.25) is 17.7 Å². The number of piperidine rings is 1. The molecule has 3 fully saturated rings. The molecule has 30 heavy (non-hydrogen) atoms. The van der Waals surface area contributed by atoms with Crippen molar-refractivity contribution in [2.75, 3.05) is 33.7 Å². The molecule has 2 atom stereocenters. The van der Waals surface area contributed by atoms with Gasteiger partial charge in [0.15, 0.2) is 0 Å². The number of hydrogen-bond donors (Lipinski definition) is 1. The molecule has 0 bridgehead atoms. The number of alkyl halides is 2. The van der Waals surface area contributed by atoms with Gasteiger partial charge in [-0.3, -0.25) is 14.4 Å². The highest BCUT2D eigenvalue weighted by Gasteiger charge is 2.46. The average molecular weight is 429 g/mol. The fourth-order valence-electron chi connectivity index (χ4n) is 5.22. The van der Waals surface area contributed by atoms with Gasteiger partial charge in [0.05, 0.1) is 18.5 Å². The lowest BCUT2D eigenvalue weighted by atomic mass is 9.74. The molecule has 0 unspecified atom stereocenters. The first kappa shape index (κ1) is 22.9. The van der Waals surface area contributed by atoms with Crippen molar-refractivity contribution in [1.29, 1.82) is 0 Å². The summed E-state index contributed by atoms with van der Waals surface area (Å²) in [4.78, 5) is 42.5. The third-order valence-electron chi connectivity index (χ3n) is 6.93. The highest BCUT2D eigenvalue weighted by molar-refractivity contribution is 5.90. The largest absolute Gasteiger partial charge is 0.349 e. The van der Waals surface area contributed by atoms with Crippen LogP contribution in [0.4, 0.5) is 8.78 Å². The van der Waals surface area contributed by atoms with Gasteiger partial charge in [-0.05, 0) is 44.4 Å². The average Bonchev–Trinajstić information content (AvgIpc) is 3.08. The number of carbonyl (C=O) groups is 3. The van der Waals surface area contributed by atoms with Gasteiger partial charge in [-0.2, -0.15) is 0 Å². The molecule has 0 spiro atoms. The molecule has 1 saturated carbocycles. The van der Waals surface area contributed by atoms with Gasteiger partial charge >= 0.3 is 0 Å². The van der Waals surface area contributed by atoms with Crippen molar-refractivity contribution in [2.45, 2.75) is 69.4 Å². The van der Waals surface area contributed by atoms with E-state index in [-0.39, 0.29) is 36.7 Å². The van der Waals surface area contributed by atoms with Gasteiger partial charge in [-0.15, -0.1) is 0 Å². The second-order valence-corrected chi connectivity index (χ2v) is 9.26. The van der Waals surface area contributed by atoms with Crippen molar-refractivity contribution in [2.24, 2.45) is 17.6 Å². The van der Waals surface area contributed by atoms with Crippen LogP contribution in [-0.2, 0) is 14.4 Å². The molecule has 2 saturated heterocycles. The second-order valence-electron chi connectivity index (χ2n) is 9.26. The third-order valence-corrected chi connectivity index (χ3v) is 6.93. The zero-order valence-electron chi connectivity index (χ0n) is 18.0. The minimum absolute atomic E-state index is 0.0355. The summed E-state index contributed by atoms with van der Waals surface area (Å²) in [6, 6.07) is -0.958. The van der Waals surface area contributed by atoms with Crippen LogP contribution in [0.25, 0.3) is 0 Å². The Labute approximate surface area is 176 Å². The fraction of sp³-hybridized carbons (Fsp3) is 0.857. The minimum atomic E-state index is -2.89. The molecule has 0 radical (unpaired) electrons. The molecule has 170 valence electrons. The van der Waals surface area contributed by atoms with Crippen LogP contribution in [0.2, 0.25) is 0 Å². The van der Waals surface area contributed by atoms with Gasteiger partial charge in [-0.1, -0.05) is 0 Å². The Morgan fingerprint density at radius 1 is 1.13 bits per heavy atom. The molecule has 2 heterocycles. The number of hydrogen-bond acceptors (Lipinski definition) is 4. The highest BCUT2D eigenvalue weighted by atomic mass is 19.3. The van der Waals surface area contributed by atoms with E-state index in [0.717, 1.165) is 37.1 Å². The predicted molar refractivity (Wildman–Crippen MR) is 108 cm³/mol. The van der Waals surface area contributed by atoms with Crippen molar-refractivity contribution in [3.05, 3.63) is 0 Å². The molecule has 0 aromatic carbocycles. The number of amides is 3. The molecule has 3 amide bonds. The van der Waals surface area contributed by atoms with E-state index in [1.807, 2.05) is 4.90 Å². The van der Waals surface area contributed by atoms with E-state index in [1.165, 1.54) is 4.90 Å². The zero-order valence-corrected chi connectivity index (χ0v) is 18.0. The molecule has 7 nitrogen and oxygen atoms in total. The molecule has 2 aliphatic heterocycles. The number of likely N-dealkylation sites (tertiary alicyclic amines) is 2. The van der Waals surface area contributed by atoms with Crippen LogP contribution in [0.15, 0.2) is 0 Å². The summed E-state index contributed by atoms with van der Waals surface area (Å²) in [6.07, 6.45) is 5.12. The van der Waals surface area contributed by atoms with Crippen molar-refractivity contribution in [3.63, 3.8) is 0 Å². The molecule has 3 aliphatic rings. The quantitative estimate of drug-likeness (QED) is 0.718. The lowest BCUT2D eigenvalue weighted by Crippen LogP contribution is -2.55. The van der Waals surface area contributed by atoms with E-state index < -0.39 is 30.3 Å². The lowest BCUT2D eigenvalue weighted by Gasteiger charge is -2.41. The first-order chi connectivity index (χ1) is 14.1. The van der Waals surface area contributed by atoms with Crippen molar-refractivity contribution in [3.8, 4) is 0 Å².